The Morgan fingerprint density at radius 2 is 2.00 bits per heavy atom. The predicted octanol–water partition coefficient (Wildman–Crippen LogP) is -1.31. The Morgan fingerprint density at radius 1 is 1.27 bits per heavy atom. The first kappa shape index (κ1) is 21.3. The van der Waals surface area contributed by atoms with E-state index in [4.69, 9.17) is 9.39 Å². The van der Waals surface area contributed by atoms with E-state index in [0.29, 0.717) is 12.0 Å². The van der Waals surface area contributed by atoms with Crippen LogP contribution in [0.2, 0.25) is 5.82 Å². The van der Waals surface area contributed by atoms with E-state index in [1.54, 1.807) is 6.07 Å². The number of aromatic hydroxyl groups is 1. The Hall–Kier alpha value is -3.51. The minimum Gasteiger partial charge on any atom is -0.669 e. The second kappa shape index (κ2) is 7.25. The van der Waals surface area contributed by atoms with Crippen molar-refractivity contribution < 1.29 is 39.2 Å². The van der Waals surface area contributed by atoms with Crippen LogP contribution in [0, 0.1) is 6.92 Å². The third-order valence-electron chi connectivity index (χ3n) is 6.66. The van der Waals surface area contributed by atoms with Gasteiger partial charge >= 0.3 is 6.75 Å². The first-order valence-corrected chi connectivity index (χ1v) is 10.6. The summed E-state index contributed by atoms with van der Waals surface area (Å²) in [5.74, 6) is -3.03. The smallest absolute Gasteiger partial charge is 0.434 e. The summed E-state index contributed by atoms with van der Waals surface area (Å²) in [6, 6.07) is 4.32. The molecule has 2 aromatic rings. The summed E-state index contributed by atoms with van der Waals surface area (Å²) in [6.45, 7) is -1.30. The van der Waals surface area contributed by atoms with Gasteiger partial charge in [0.1, 0.15) is 18.4 Å². The van der Waals surface area contributed by atoms with E-state index < -0.39 is 35.8 Å². The van der Waals surface area contributed by atoms with Crippen molar-refractivity contribution in [2.24, 2.45) is 0 Å². The lowest BCUT2D eigenvalue weighted by Gasteiger charge is -2.41. The highest BCUT2D eigenvalue weighted by atomic mass is 16.6. The molecule has 11 nitrogen and oxygen atoms in total. The number of carboxylic acids is 1. The number of aromatic carboxylic acids is 1. The second-order valence-electron chi connectivity index (χ2n) is 8.81. The fraction of sp³-hybridized carbons (Fsp3) is 0.381. The van der Waals surface area contributed by atoms with Crippen molar-refractivity contribution in [1.29, 1.82) is 0 Å². The van der Waals surface area contributed by atoms with Crippen LogP contribution in [-0.4, -0.2) is 62.4 Å². The van der Waals surface area contributed by atoms with Crippen LogP contribution < -0.4 is 19.9 Å². The van der Waals surface area contributed by atoms with E-state index >= 15 is 0 Å². The molecule has 174 valence electrons. The van der Waals surface area contributed by atoms with Crippen LogP contribution in [0.15, 0.2) is 29.2 Å². The van der Waals surface area contributed by atoms with Gasteiger partial charge in [0.2, 0.25) is 11.3 Å². The van der Waals surface area contributed by atoms with Gasteiger partial charge < -0.3 is 43.9 Å². The second-order valence-corrected chi connectivity index (χ2v) is 8.81. The van der Waals surface area contributed by atoms with Gasteiger partial charge in [-0.1, -0.05) is 18.3 Å². The number of carboxylic acid groups (broad SMARTS) is 1. The number of pyridine rings is 1. The van der Waals surface area contributed by atoms with E-state index in [9.17, 15) is 34.6 Å². The van der Waals surface area contributed by atoms with Crippen LogP contribution in [0.3, 0.4) is 0 Å². The molecule has 33 heavy (non-hydrogen) atoms. The Morgan fingerprint density at radius 3 is 2.70 bits per heavy atom. The number of carbonyl (C=O) groups is 2. The Kier molecular flexibility index (Phi) is 4.69. The molecule has 2 fully saturated rings. The molecule has 0 unspecified atom stereocenters. The molecule has 0 spiro atoms. The number of hydrogen-bond donors (Lipinski definition) is 3. The van der Waals surface area contributed by atoms with Crippen molar-refractivity contribution in [1.82, 2.24) is 9.47 Å². The average molecular weight is 456 g/mol. The van der Waals surface area contributed by atoms with E-state index in [2.05, 4.69) is 0 Å². The molecule has 0 radical (unpaired) electrons. The van der Waals surface area contributed by atoms with Gasteiger partial charge in [-0.3, -0.25) is 9.59 Å². The van der Waals surface area contributed by atoms with Crippen LogP contribution in [0.25, 0.3) is 0 Å². The topological polar surface area (TPSA) is 162 Å². The summed E-state index contributed by atoms with van der Waals surface area (Å²) in [7, 11) is 0. The van der Waals surface area contributed by atoms with Crippen molar-refractivity contribution >= 4 is 18.6 Å². The third-order valence-corrected chi connectivity index (χ3v) is 6.66. The van der Waals surface area contributed by atoms with Crippen molar-refractivity contribution in [2.75, 3.05) is 13.1 Å². The monoisotopic (exact) mass is 456 g/mol. The molecule has 2 atom stereocenters. The fourth-order valence-electron chi connectivity index (χ4n) is 4.58. The van der Waals surface area contributed by atoms with Crippen LogP contribution in [-0.2, 0) is 11.3 Å². The summed E-state index contributed by atoms with van der Waals surface area (Å²) >= 11 is 0. The van der Waals surface area contributed by atoms with Crippen molar-refractivity contribution in [2.45, 2.75) is 37.7 Å². The SMILES string of the molecule is Cc1c(O)c(=O)ccn1CC(=O)N1CC(Oc2ccc3c(c2C(=O)[O-])O[B-](O)(O)[C@@H]2C[C@H]32)C1. The maximum atomic E-state index is 12.5. The molecule has 12 heteroatoms. The quantitative estimate of drug-likeness (QED) is 0.464. The highest BCUT2D eigenvalue weighted by Crippen LogP contribution is 2.63. The normalized spacial score (nSPS) is 22.5. The number of ether oxygens (including phenoxy) is 1. The van der Waals surface area contributed by atoms with Gasteiger partial charge in [-0.15, -0.1) is 0 Å². The molecule has 0 bridgehead atoms. The largest absolute Gasteiger partial charge is 0.669 e. The van der Waals surface area contributed by atoms with E-state index in [1.165, 1.54) is 34.7 Å². The molecule has 5 rings (SSSR count). The first-order chi connectivity index (χ1) is 15.6. The average Bonchev–Trinajstić information content (AvgIpc) is 3.52. The zero-order valence-corrected chi connectivity index (χ0v) is 17.6. The molecule has 1 amide bonds. The molecule has 1 saturated heterocycles. The van der Waals surface area contributed by atoms with Gasteiger partial charge in [-0.25, -0.2) is 0 Å². The molecule has 1 aromatic carbocycles. The molecular formula is C21H21BN2O9-2. The number of rotatable bonds is 5. The van der Waals surface area contributed by atoms with Gasteiger partial charge in [0.25, 0.3) is 0 Å². The minimum absolute atomic E-state index is 0.0299. The Labute approximate surface area is 187 Å². The zero-order chi connectivity index (χ0) is 23.7. The van der Waals surface area contributed by atoms with E-state index in [1.807, 2.05) is 0 Å². The highest BCUT2D eigenvalue weighted by molar-refractivity contribution is 6.62. The summed E-state index contributed by atoms with van der Waals surface area (Å²) in [6.07, 6.45) is 1.44. The van der Waals surface area contributed by atoms with Crippen molar-refractivity contribution in [3.05, 3.63) is 51.4 Å². The van der Waals surface area contributed by atoms with Gasteiger partial charge in [-0.2, -0.15) is 0 Å². The first-order valence-electron chi connectivity index (χ1n) is 10.6. The standard InChI is InChI=1S/C21H22BN2O9/c1-10-19(27)15(25)4-5-23(10)9-17(26)24-7-11(8-24)32-16-3-2-12-13-6-14(13)22(30,31)33-20(12)18(16)21(28)29/h2-5,11,13-14,27,30-31H,6-9H2,1H3,(H,28,29)/q-1/p-1/t13-,14-/m1/s1. The predicted molar refractivity (Wildman–Crippen MR) is 111 cm³/mol. The maximum absolute atomic E-state index is 12.5. The summed E-state index contributed by atoms with van der Waals surface area (Å²) < 4.78 is 12.5. The Bertz CT molecular complexity index is 1230. The van der Waals surface area contributed by atoms with Crippen molar-refractivity contribution in [3.63, 3.8) is 0 Å². The fourth-order valence-corrected chi connectivity index (χ4v) is 4.58. The maximum Gasteiger partial charge on any atom is 0.434 e. The molecule has 3 heterocycles. The number of carbonyl (C=O) groups excluding carboxylic acids is 2. The van der Waals surface area contributed by atoms with Gasteiger partial charge in [0, 0.05) is 12.3 Å². The third kappa shape index (κ3) is 3.51. The summed E-state index contributed by atoms with van der Waals surface area (Å²) in [4.78, 5) is 37.3. The van der Waals surface area contributed by atoms with Gasteiger partial charge in [0.05, 0.1) is 36.1 Å². The van der Waals surface area contributed by atoms with Crippen LogP contribution >= 0.6 is 0 Å². The zero-order valence-electron chi connectivity index (χ0n) is 17.6. The van der Waals surface area contributed by atoms with Crippen molar-refractivity contribution in [3.8, 4) is 17.2 Å². The molecule has 1 saturated carbocycles. The van der Waals surface area contributed by atoms with Gasteiger partial charge in [-0.05, 0) is 24.5 Å². The summed E-state index contributed by atoms with van der Waals surface area (Å²) in [5, 5.41) is 41.8. The number of hydrogen-bond acceptors (Lipinski definition) is 9. The van der Waals surface area contributed by atoms with E-state index in [-0.39, 0.29) is 54.2 Å². The summed E-state index contributed by atoms with van der Waals surface area (Å²) in [5.41, 5.74) is -0.0433. The number of benzene rings is 1. The van der Waals surface area contributed by atoms with Crippen LogP contribution in [0.5, 0.6) is 17.2 Å². The van der Waals surface area contributed by atoms with Crippen LogP contribution in [0.4, 0.5) is 0 Å². The number of nitrogens with zero attached hydrogens (tertiary/aromatic N) is 2. The minimum atomic E-state index is -3.16. The molecule has 3 N–H and O–H groups in total. The number of aromatic nitrogens is 1. The highest BCUT2D eigenvalue weighted by Gasteiger charge is 2.55. The Balaban J connectivity index is 1.28. The van der Waals surface area contributed by atoms with E-state index in [0.717, 1.165) is 0 Å². The van der Waals surface area contributed by atoms with Crippen LogP contribution in [0.1, 0.15) is 34.0 Å². The lowest BCUT2D eigenvalue weighted by Crippen LogP contribution is -2.57. The molecule has 1 aliphatic carbocycles. The number of amides is 1. The lowest BCUT2D eigenvalue weighted by molar-refractivity contribution is -0.255. The lowest BCUT2D eigenvalue weighted by atomic mass is 9.68. The molecule has 2 aliphatic heterocycles. The molecular weight excluding hydrogens is 435 g/mol. The number of fused-ring (bicyclic) bond motifs is 3. The molecule has 3 aliphatic rings. The van der Waals surface area contributed by atoms with Gasteiger partial charge in [0.15, 0.2) is 5.75 Å². The number of likely N-dealkylation sites (tertiary alicyclic amines) is 1. The molecule has 1 aromatic heterocycles.